The average Bonchev–Trinajstić information content (AvgIpc) is 2.97. The zero-order valence-electron chi connectivity index (χ0n) is 9.06. The predicted octanol–water partition coefficient (Wildman–Crippen LogP) is 0.775. The molecule has 1 heterocycles. The van der Waals surface area contributed by atoms with E-state index in [4.69, 9.17) is 5.73 Å². The fourth-order valence-electron chi connectivity index (χ4n) is 2.28. The van der Waals surface area contributed by atoms with Gasteiger partial charge in [0.1, 0.15) is 4.90 Å². The molecule has 3 N–H and O–H groups in total. The van der Waals surface area contributed by atoms with Gasteiger partial charge < -0.3 is 11.1 Å². The van der Waals surface area contributed by atoms with Crippen LogP contribution in [0.2, 0.25) is 0 Å². The van der Waals surface area contributed by atoms with E-state index in [-0.39, 0.29) is 22.2 Å². The molecule has 1 spiro atoms. The number of nitrogens with two attached hydrogens (primary N) is 1. The molecule has 1 aromatic carbocycles. The molecule has 0 saturated heterocycles. The third-order valence-corrected chi connectivity index (χ3v) is 5.42. The summed E-state index contributed by atoms with van der Waals surface area (Å²) in [5.41, 5.74) is 5.49. The molecule has 0 aromatic heterocycles. The molecule has 1 fully saturated rings. The molecule has 90 valence electrons. The Hall–Kier alpha value is -1.56. The highest BCUT2D eigenvalue weighted by atomic mass is 32.2. The first-order valence-corrected chi connectivity index (χ1v) is 7.03. The topological polar surface area (TPSA) is 89.3 Å². The zero-order chi connectivity index (χ0) is 12.3. The second kappa shape index (κ2) is 3.01. The summed E-state index contributed by atoms with van der Waals surface area (Å²) in [6.45, 7) is 0. The molecule has 1 aromatic rings. The lowest BCUT2D eigenvalue weighted by Gasteiger charge is -2.08. The lowest BCUT2D eigenvalue weighted by Crippen LogP contribution is -2.27. The normalized spacial score (nSPS) is 23.6. The fraction of sp³-hybridized carbons (Fsp3) is 0.364. The Kier molecular flexibility index (Phi) is 1.87. The van der Waals surface area contributed by atoms with Crippen LogP contribution in [0, 0.1) is 5.41 Å². The average molecular weight is 252 g/mol. The van der Waals surface area contributed by atoms with Crippen LogP contribution in [0.4, 0.5) is 11.4 Å². The van der Waals surface area contributed by atoms with Crippen molar-refractivity contribution in [2.24, 2.45) is 5.41 Å². The number of anilines is 2. The number of carbonyl (C=O) groups excluding carboxylic acids is 1. The summed E-state index contributed by atoms with van der Waals surface area (Å²) in [7, 11) is -3.50. The molecule has 2 aliphatic rings. The van der Waals surface area contributed by atoms with E-state index in [1.54, 1.807) is 12.1 Å². The van der Waals surface area contributed by atoms with Crippen LogP contribution < -0.4 is 11.1 Å². The van der Waals surface area contributed by atoms with Gasteiger partial charge in [-0.3, -0.25) is 4.79 Å². The molecule has 1 aliphatic carbocycles. The van der Waals surface area contributed by atoms with Crippen LogP contribution >= 0.6 is 0 Å². The Labute approximate surface area is 98.9 Å². The maximum Gasteiger partial charge on any atom is 0.231 e. The summed E-state index contributed by atoms with van der Waals surface area (Å²) < 4.78 is 24.5. The molecule has 0 radical (unpaired) electrons. The van der Waals surface area contributed by atoms with Gasteiger partial charge in [-0.1, -0.05) is 6.07 Å². The molecule has 17 heavy (non-hydrogen) atoms. The van der Waals surface area contributed by atoms with Crippen LogP contribution in [-0.2, 0) is 14.6 Å². The van der Waals surface area contributed by atoms with Crippen LogP contribution in [0.25, 0.3) is 0 Å². The van der Waals surface area contributed by atoms with Gasteiger partial charge >= 0.3 is 0 Å². The Bertz CT molecular complexity index is 618. The zero-order valence-corrected chi connectivity index (χ0v) is 9.88. The first kappa shape index (κ1) is 10.6. The van der Waals surface area contributed by atoms with Crippen LogP contribution in [-0.4, -0.2) is 20.1 Å². The first-order chi connectivity index (χ1) is 7.95. The molecule has 0 atom stereocenters. The highest BCUT2D eigenvalue weighted by Gasteiger charge is 2.55. The fourth-order valence-corrected chi connectivity index (χ4v) is 4.45. The van der Waals surface area contributed by atoms with Gasteiger partial charge in [-0.25, -0.2) is 8.42 Å². The number of hydrogen-bond donors (Lipinski definition) is 2. The van der Waals surface area contributed by atoms with E-state index in [9.17, 15) is 13.2 Å². The van der Waals surface area contributed by atoms with Crippen molar-refractivity contribution >= 4 is 27.1 Å². The van der Waals surface area contributed by atoms with Gasteiger partial charge in [-0.05, 0) is 25.0 Å². The Morgan fingerprint density at radius 2 is 2.00 bits per heavy atom. The summed E-state index contributed by atoms with van der Waals surface area (Å²) in [4.78, 5) is 12.0. The Balaban J connectivity index is 2.25. The minimum Gasteiger partial charge on any atom is -0.398 e. The third kappa shape index (κ3) is 1.44. The van der Waals surface area contributed by atoms with Crippen molar-refractivity contribution in [2.75, 3.05) is 16.8 Å². The number of hydrogen-bond acceptors (Lipinski definition) is 4. The predicted molar refractivity (Wildman–Crippen MR) is 63.2 cm³/mol. The Morgan fingerprint density at radius 1 is 1.29 bits per heavy atom. The number of rotatable bonds is 0. The molecule has 1 saturated carbocycles. The van der Waals surface area contributed by atoms with Crippen molar-refractivity contribution in [3.63, 3.8) is 0 Å². The van der Waals surface area contributed by atoms with Crippen LogP contribution in [0.1, 0.15) is 12.8 Å². The summed E-state index contributed by atoms with van der Waals surface area (Å²) >= 11 is 0. The van der Waals surface area contributed by atoms with Crippen LogP contribution in [0.3, 0.4) is 0 Å². The van der Waals surface area contributed by atoms with E-state index >= 15 is 0 Å². The number of carbonyl (C=O) groups is 1. The van der Waals surface area contributed by atoms with E-state index in [0.29, 0.717) is 18.5 Å². The molecule has 1 aliphatic heterocycles. The lowest BCUT2D eigenvalue weighted by molar-refractivity contribution is -0.120. The number of fused-ring (bicyclic) bond motifs is 1. The highest BCUT2D eigenvalue weighted by Crippen LogP contribution is 2.51. The van der Waals surface area contributed by atoms with Crippen molar-refractivity contribution in [1.29, 1.82) is 0 Å². The Morgan fingerprint density at radius 3 is 2.65 bits per heavy atom. The number of nitrogens with one attached hydrogen (secondary N) is 1. The molecule has 5 nitrogen and oxygen atoms in total. The molecule has 1 amide bonds. The molecule has 0 bridgehead atoms. The lowest BCUT2D eigenvalue weighted by atomic mass is 10.1. The molecular formula is C11H12N2O3S. The van der Waals surface area contributed by atoms with Crippen molar-refractivity contribution < 1.29 is 13.2 Å². The van der Waals surface area contributed by atoms with Crippen molar-refractivity contribution in [2.45, 2.75) is 17.7 Å². The monoisotopic (exact) mass is 252 g/mol. The van der Waals surface area contributed by atoms with E-state index in [0.717, 1.165) is 0 Å². The van der Waals surface area contributed by atoms with Gasteiger partial charge in [-0.2, -0.15) is 0 Å². The van der Waals surface area contributed by atoms with Gasteiger partial charge in [-0.15, -0.1) is 0 Å². The second-order valence-electron chi connectivity index (χ2n) is 4.72. The minimum absolute atomic E-state index is 0.0668. The third-order valence-electron chi connectivity index (χ3n) is 3.41. The number of nitrogen functional groups attached to an aromatic ring is 1. The van der Waals surface area contributed by atoms with Gasteiger partial charge in [0, 0.05) is 0 Å². The van der Waals surface area contributed by atoms with Gasteiger partial charge in [0.15, 0.2) is 9.84 Å². The maximum absolute atomic E-state index is 12.2. The van der Waals surface area contributed by atoms with E-state index in [2.05, 4.69) is 5.32 Å². The number of amides is 1. The standard InChI is InChI=1S/C11H12N2O3S/c12-7-2-1-3-8-9(7)17(15,16)6-11(4-5-11)10(14)13-8/h1-3H,4-6,12H2,(H,13,14). The van der Waals surface area contributed by atoms with Gasteiger partial charge in [0.05, 0.1) is 22.5 Å². The smallest absolute Gasteiger partial charge is 0.231 e. The molecule has 6 heteroatoms. The summed E-state index contributed by atoms with van der Waals surface area (Å²) in [5.74, 6) is -0.335. The SMILES string of the molecule is Nc1cccc2c1S(=O)(=O)CC1(CC1)C(=O)N2. The van der Waals surface area contributed by atoms with E-state index < -0.39 is 15.3 Å². The largest absolute Gasteiger partial charge is 0.398 e. The van der Waals surface area contributed by atoms with Crippen LogP contribution in [0.5, 0.6) is 0 Å². The minimum atomic E-state index is -3.50. The highest BCUT2D eigenvalue weighted by molar-refractivity contribution is 7.91. The van der Waals surface area contributed by atoms with E-state index in [1.807, 2.05) is 0 Å². The molecule has 0 unspecified atom stereocenters. The van der Waals surface area contributed by atoms with Crippen molar-refractivity contribution in [3.05, 3.63) is 18.2 Å². The van der Waals surface area contributed by atoms with Crippen molar-refractivity contribution in [1.82, 2.24) is 0 Å². The van der Waals surface area contributed by atoms with Crippen LogP contribution in [0.15, 0.2) is 23.1 Å². The first-order valence-electron chi connectivity index (χ1n) is 5.37. The summed E-state index contributed by atoms with van der Waals surface area (Å²) in [6, 6.07) is 4.74. The number of benzene rings is 1. The van der Waals surface area contributed by atoms with E-state index in [1.165, 1.54) is 6.07 Å². The number of sulfone groups is 1. The maximum atomic E-state index is 12.2. The van der Waals surface area contributed by atoms with Crippen molar-refractivity contribution in [3.8, 4) is 0 Å². The molecular weight excluding hydrogens is 240 g/mol. The second-order valence-corrected chi connectivity index (χ2v) is 6.64. The summed E-state index contributed by atoms with van der Waals surface area (Å²) in [5, 5.41) is 2.67. The van der Waals surface area contributed by atoms with Gasteiger partial charge in [0.2, 0.25) is 5.91 Å². The summed E-state index contributed by atoms with van der Waals surface area (Å²) in [6.07, 6.45) is 1.26. The quantitative estimate of drug-likeness (QED) is 0.667. The molecule has 3 rings (SSSR count). The van der Waals surface area contributed by atoms with Gasteiger partial charge in [0.25, 0.3) is 0 Å².